The molecular weight excluding hydrogens is 288 g/mol. The van der Waals surface area contributed by atoms with E-state index in [1.165, 1.54) is 0 Å². The lowest BCUT2D eigenvalue weighted by molar-refractivity contribution is -0.118. The Bertz CT molecular complexity index is 802. The van der Waals surface area contributed by atoms with E-state index in [2.05, 4.69) is 29.3 Å². The molecule has 1 aliphatic heterocycles. The van der Waals surface area contributed by atoms with E-state index in [0.29, 0.717) is 25.1 Å². The summed E-state index contributed by atoms with van der Waals surface area (Å²) in [7, 11) is 0. The minimum absolute atomic E-state index is 0.0706. The number of hydrogen-bond donors (Lipinski definition) is 1. The summed E-state index contributed by atoms with van der Waals surface area (Å²) >= 11 is 0. The van der Waals surface area contributed by atoms with Crippen molar-refractivity contribution in [3.05, 3.63) is 65.2 Å². The van der Waals surface area contributed by atoms with E-state index in [-0.39, 0.29) is 12.3 Å². The summed E-state index contributed by atoms with van der Waals surface area (Å²) in [5.41, 5.74) is 3.27. The Balaban J connectivity index is 2.00. The predicted molar refractivity (Wildman–Crippen MR) is 86.4 cm³/mol. The molecule has 1 aliphatic rings. The van der Waals surface area contributed by atoms with Crippen molar-refractivity contribution in [3.8, 4) is 11.8 Å². The molecule has 1 N–H and O–H groups in total. The maximum atomic E-state index is 12.6. The summed E-state index contributed by atoms with van der Waals surface area (Å²) in [6.07, 6.45) is 0.824. The van der Waals surface area contributed by atoms with E-state index in [9.17, 15) is 9.59 Å². The van der Waals surface area contributed by atoms with E-state index in [4.69, 9.17) is 0 Å². The number of nitrogens with zero attached hydrogens (tertiary/aromatic N) is 1. The van der Waals surface area contributed by atoms with Crippen LogP contribution < -0.4 is 10.2 Å². The average molecular weight is 302 g/mol. The second-order valence-corrected chi connectivity index (χ2v) is 5.07. The van der Waals surface area contributed by atoms with Gasteiger partial charge in [-0.3, -0.25) is 9.59 Å². The molecule has 23 heavy (non-hydrogen) atoms. The Kier molecular flexibility index (Phi) is 4.27. The van der Waals surface area contributed by atoms with Crippen molar-refractivity contribution in [2.24, 2.45) is 0 Å². The second kappa shape index (κ2) is 6.68. The normalized spacial score (nSPS) is 11.6. The maximum absolute atomic E-state index is 12.6. The summed E-state index contributed by atoms with van der Waals surface area (Å²) < 4.78 is 0. The van der Waals surface area contributed by atoms with E-state index >= 15 is 0 Å². The fourth-order valence-electron chi connectivity index (χ4n) is 2.46. The van der Waals surface area contributed by atoms with Crippen LogP contribution >= 0.6 is 0 Å². The summed E-state index contributed by atoms with van der Waals surface area (Å²) in [4.78, 5) is 24.7. The highest BCUT2D eigenvalue weighted by atomic mass is 16.2. The van der Waals surface area contributed by atoms with Gasteiger partial charge < -0.3 is 10.2 Å². The Morgan fingerprint density at radius 2 is 2.13 bits per heavy atom. The van der Waals surface area contributed by atoms with Crippen molar-refractivity contribution in [1.29, 1.82) is 0 Å². The first-order chi connectivity index (χ1) is 11.3. The Morgan fingerprint density at radius 3 is 3.00 bits per heavy atom. The van der Waals surface area contributed by atoms with Gasteiger partial charge in [0.1, 0.15) is 0 Å². The molecule has 2 aromatic rings. The van der Waals surface area contributed by atoms with Crippen LogP contribution in [0.3, 0.4) is 0 Å². The van der Waals surface area contributed by atoms with Crippen LogP contribution in [-0.4, -0.2) is 18.9 Å². The first-order valence-electron chi connectivity index (χ1n) is 7.29. The van der Waals surface area contributed by atoms with Gasteiger partial charge in [0.2, 0.25) is 12.3 Å². The van der Waals surface area contributed by atoms with Crippen molar-refractivity contribution in [1.82, 2.24) is 5.32 Å². The molecule has 0 saturated heterocycles. The van der Waals surface area contributed by atoms with Crippen molar-refractivity contribution in [2.45, 2.75) is 13.0 Å². The van der Waals surface area contributed by atoms with Gasteiger partial charge in [0, 0.05) is 18.5 Å². The molecule has 0 saturated carbocycles. The van der Waals surface area contributed by atoms with Gasteiger partial charge in [-0.05, 0) is 23.8 Å². The molecule has 0 bridgehead atoms. The van der Waals surface area contributed by atoms with E-state index in [0.717, 1.165) is 16.8 Å². The van der Waals surface area contributed by atoms with Crippen LogP contribution in [0.4, 0.5) is 5.69 Å². The molecule has 4 heteroatoms. The van der Waals surface area contributed by atoms with E-state index < -0.39 is 0 Å². The molecule has 0 aliphatic carbocycles. The van der Waals surface area contributed by atoms with Crippen LogP contribution in [0.15, 0.2) is 36.4 Å². The second-order valence-electron chi connectivity index (χ2n) is 5.07. The standard InChI is InChI=1S/C19H14N2O2/c22-14-20-12-11-19(23)21-13-17-7-2-1-5-15(17)9-10-16-6-3-4-8-18(16)21/h1-2,4-5,7-8,14H,11-13H2,(H,20,22). The largest absolute Gasteiger partial charge is 0.358 e. The molecule has 112 valence electrons. The summed E-state index contributed by atoms with van der Waals surface area (Å²) in [5, 5.41) is 2.52. The van der Waals surface area contributed by atoms with Gasteiger partial charge >= 0.3 is 0 Å². The quantitative estimate of drug-likeness (QED) is 0.530. The number of rotatable bonds is 4. The number of nitrogens with one attached hydrogen (secondary N) is 1. The van der Waals surface area contributed by atoms with E-state index in [1.54, 1.807) is 11.0 Å². The third kappa shape index (κ3) is 3.17. The summed E-state index contributed by atoms with van der Waals surface area (Å²) in [5.74, 6) is 6.14. The van der Waals surface area contributed by atoms with Gasteiger partial charge in [-0.15, -0.1) is 0 Å². The Hall–Kier alpha value is -3.24. The topological polar surface area (TPSA) is 49.4 Å². The average Bonchev–Trinajstić information content (AvgIpc) is 2.57. The number of hydrogen-bond acceptors (Lipinski definition) is 2. The number of carbonyl (C=O) groups excluding carboxylic acids is 2. The predicted octanol–water partition coefficient (Wildman–Crippen LogP) is 1.67. The SMILES string of the molecule is O=CNCCC(=O)N1Cc2ccccc2C#Cc2c#cccc21. The van der Waals surface area contributed by atoms with Gasteiger partial charge in [0.15, 0.2) is 0 Å². The van der Waals surface area contributed by atoms with Crippen LogP contribution in [-0.2, 0) is 16.1 Å². The summed E-state index contributed by atoms with van der Waals surface area (Å²) in [6.45, 7) is 0.750. The number of carbonyl (C=O) groups is 2. The molecule has 0 fully saturated rings. The van der Waals surface area contributed by atoms with Gasteiger partial charge in [-0.2, -0.15) is 0 Å². The number of benzene rings is 1. The van der Waals surface area contributed by atoms with Crippen LogP contribution in [0, 0.1) is 24.0 Å². The molecule has 2 aromatic carbocycles. The third-order valence-electron chi connectivity index (χ3n) is 3.60. The molecule has 2 amide bonds. The lowest BCUT2D eigenvalue weighted by Crippen LogP contribution is -2.33. The smallest absolute Gasteiger partial charge is 0.229 e. The zero-order valence-corrected chi connectivity index (χ0v) is 12.4. The maximum Gasteiger partial charge on any atom is 0.229 e. The van der Waals surface area contributed by atoms with Crippen molar-refractivity contribution < 1.29 is 9.59 Å². The van der Waals surface area contributed by atoms with Crippen molar-refractivity contribution >= 4 is 18.0 Å². The zero-order valence-electron chi connectivity index (χ0n) is 12.4. The highest BCUT2D eigenvalue weighted by Crippen LogP contribution is 2.24. The highest BCUT2D eigenvalue weighted by molar-refractivity contribution is 5.95. The molecule has 0 aromatic heterocycles. The van der Waals surface area contributed by atoms with Gasteiger partial charge in [-0.1, -0.05) is 42.2 Å². The van der Waals surface area contributed by atoms with Crippen molar-refractivity contribution in [3.63, 3.8) is 0 Å². The summed E-state index contributed by atoms with van der Waals surface area (Å²) in [6, 6.07) is 17.2. The van der Waals surface area contributed by atoms with Gasteiger partial charge in [-0.25, -0.2) is 0 Å². The van der Waals surface area contributed by atoms with Gasteiger partial charge in [0.25, 0.3) is 0 Å². The molecule has 3 rings (SSSR count). The molecular formula is C19H14N2O2. The van der Waals surface area contributed by atoms with Crippen LogP contribution in [0.25, 0.3) is 0 Å². The minimum Gasteiger partial charge on any atom is -0.358 e. The molecule has 4 nitrogen and oxygen atoms in total. The monoisotopic (exact) mass is 302 g/mol. The molecule has 1 heterocycles. The van der Waals surface area contributed by atoms with Crippen LogP contribution in [0.1, 0.15) is 23.1 Å². The zero-order chi connectivity index (χ0) is 16.1. The lowest BCUT2D eigenvalue weighted by atomic mass is 10.0. The molecule has 0 atom stereocenters. The molecule has 0 unspecified atom stereocenters. The fraction of sp³-hybridized carbons (Fsp3) is 0.158. The molecule has 0 radical (unpaired) electrons. The number of amides is 2. The fourth-order valence-corrected chi connectivity index (χ4v) is 2.46. The van der Waals surface area contributed by atoms with Gasteiger partial charge in [0.05, 0.1) is 17.8 Å². The highest BCUT2D eigenvalue weighted by Gasteiger charge is 2.20. The van der Waals surface area contributed by atoms with Crippen molar-refractivity contribution in [2.75, 3.05) is 11.4 Å². The minimum atomic E-state index is -0.0706. The molecule has 0 spiro atoms. The Morgan fingerprint density at radius 1 is 1.26 bits per heavy atom. The third-order valence-corrected chi connectivity index (χ3v) is 3.60. The number of anilines is 1. The first kappa shape index (κ1) is 14.7. The first-order valence-corrected chi connectivity index (χ1v) is 7.29. The number of fused-ring (bicyclic) bond motifs is 2. The lowest BCUT2D eigenvalue weighted by Gasteiger charge is -2.25. The van der Waals surface area contributed by atoms with Crippen LogP contribution in [0.5, 0.6) is 0 Å². The van der Waals surface area contributed by atoms with Crippen LogP contribution in [0.2, 0.25) is 0 Å². The Labute approximate surface area is 135 Å². The van der Waals surface area contributed by atoms with E-state index in [1.807, 2.05) is 30.3 Å².